The van der Waals surface area contributed by atoms with E-state index >= 15 is 0 Å². The minimum atomic E-state index is -4.16. The highest BCUT2D eigenvalue weighted by Crippen LogP contribution is 2.32. The van der Waals surface area contributed by atoms with Crippen LogP contribution in [0.1, 0.15) is 51.0 Å². The zero-order chi connectivity index (χ0) is 29.2. The number of para-hydroxylation sites is 2. The molecule has 0 spiro atoms. The molecule has 1 N–H and O–H groups in total. The molecule has 1 saturated carbocycles. The van der Waals surface area contributed by atoms with Crippen molar-refractivity contribution < 1.29 is 22.7 Å². The van der Waals surface area contributed by atoms with Gasteiger partial charge < -0.3 is 15.0 Å². The van der Waals surface area contributed by atoms with Gasteiger partial charge in [0.15, 0.2) is 0 Å². The molecule has 1 fully saturated rings. The monoisotopic (exact) mass is 577 g/mol. The van der Waals surface area contributed by atoms with Gasteiger partial charge in [-0.25, -0.2) is 8.42 Å². The summed E-state index contributed by atoms with van der Waals surface area (Å²) >= 11 is 0. The SMILES string of the molecule is CC[C@H](C(=O)NC1CCCCC1)N(Cc1ccccc1)C(=O)CN(c1ccccc1OC)S(=O)(=O)c1ccccc1. The summed E-state index contributed by atoms with van der Waals surface area (Å²) in [5.74, 6) is -0.375. The maximum Gasteiger partial charge on any atom is 0.264 e. The quantitative estimate of drug-likeness (QED) is 0.321. The van der Waals surface area contributed by atoms with E-state index in [-0.39, 0.29) is 29.1 Å². The smallest absolute Gasteiger partial charge is 0.264 e. The summed E-state index contributed by atoms with van der Waals surface area (Å²) in [5.41, 5.74) is 1.09. The van der Waals surface area contributed by atoms with E-state index in [0.29, 0.717) is 12.2 Å². The number of carbonyl (C=O) groups excluding carboxylic acids is 2. The summed E-state index contributed by atoms with van der Waals surface area (Å²) in [4.78, 5) is 29.4. The fourth-order valence-electron chi connectivity index (χ4n) is 5.31. The van der Waals surface area contributed by atoms with Gasteiger partial charge in [0.25, 0.3) is 10.0 Å². The van der Waals surface area contributed by atoms with Gasteiger partial charge in [-0.1, -0.05) is 86.8 Å². The Morgan fingerprint density at radius 3 is 2.15 bits per heavy atom. The van der Waals surface area contributed by atoms with Gasteiger partial charge in [0, 0.05) is 12.6 Å². The summed E-state index contributed by atoms with van der Waals surface area (Å²) in [6.45, 7) is 1.54. The molecule has 0 radical (unpaired) electrons. The lowest BCUT2D eigenvalue weighted by Gasteiger charge is -2.34. The number of sulfonamides is 1. The molecule has 218 valence electrons. The fourth-order valence-corrected chi connectivity index (χ4v) is 6.76. The molecule has 1 aliphatic carbocycles. The molecule has 1 atom stereocenters. The predicted molar refractivity (Wildman–Crippen MR) is 160 cm³/mol. The molecule has 4 rings (SSSR count). The molecular weight excluding hydrogens is 538 g/mol. The van der Waals surface area contributed by atoms with Crippen LogP contribution in [0.25, 0.3) is 0 Å². The van der Waals surface area contributed by atoms with Crippen molar-refractivity contribution >= 4 is 27.5 Å². The van der Waals surface area contributed by atoms with Crippen LogP contribution < -0.4 is 14.4 Å². The average molecular weight is 578 g/mol. The van der Waals surface area contributed by atoms with Gasteiger partial charge in [-0.3, -0.25) is 13.9 Å². The highest BCUT2D eigenvalue weighted by atomic mass is 32.2. The van der Waals surface area contributed by atoms with Crippen LogP contribution in [-0.2, 0) is 26.2 Å². The number of amides is 2. The highest BCUT2D eigenvalue weighted by Gasteiger charge is 2.35. The van der Waals surface area contributed by atoms with Crippen molar-refractivity contribution in [3.8, 4) is 5.75 Å². The molecule has 1 aliphatic rings. The molecule has 3 aromatic rings. The van der Waals surface area contributed by atoms with E-state index in [9.17, 15) is 18.0 Å². The van der Waals surface area contributed by atoms with Gasteiger partial charge in [-0.15, -0.1) is 0 Å². The second-order valence-corrected chi connectivity index (χ2v) is 12.1. The summed E-state index contributed by atoms with van der Waals surface area (Å²) < 4.78 is 34.5. The molecule has 0 aliphatic heterocycles. The first-order valence-electron chi connectivity index (χ1n) is 14.2. The second kappa shape index (κ2) is 14.2. The van der Waals surface area contributed by atoms with E-state index in [4.69, 9.17) is 4.74 Å². The lowest BCUT2D eigenvalue weighted by molar-refractivity contribution is -0.140. The predicted octanol–water partition coefficient (Wildman–Crippen LogP) is 5.15. The van der Waals surface area contributed by atoms with Crippen LogP contribution in [0, 0.1) is 0 Å². The summed E-state index contributed by atoms with van der Waals surface area (Å²) in [6.07, 6.45) is 5.53. The van der Waals surface area contributed by atoms with Gasteiger partial charge in [-0.2, -0.15) is 0 Å². The van der Waals surface area contributed by atoms with Crippen LogP contribution in [0.5, 0.6) is 5.75 Å². The van der Waals surface area contributed by atoms with Gasteiger partial charge in [0.1, 0.15) is 18.3 Å². The Morgan fingerprint density at radius 2 is 1.51 bits per heavy atom. The first-order valence-corrected chi connectivity index (χ1v) is 15.6. The van der Waals surface area contributed by atoms with Crippen LogP contribution in [0.4, 0.5) is 5.69 Å². The van der Waals surface area contributed by atoms with Crippen LogP contribution in [0.15, 0.2) is 89.8 Å². The van der Waals surface area contributed by atoms with E-state index in [1.54, 1.807) is 42.5 Å². The Kier molecular flexibility index (Phi) is 10.4. The minimum Gasteiger partial charge on any atom is -0.495 e. The minimum absolute atomic E-state index is 0.0513. The van der Waals surface area contributed by atoms with Crippen molar-refractivity contribution in [2.24, 2.45) is 0 Å². The fraction of sp³-hybridized carbons (Fsp3) is 0.375. The topological polar surface area (TPSA) is 96.0 Å². The van der Waals surface area contributed by atoms with Crippen LogP contribution >= 0.6 is 0 Å². The molecule has 0 unspecified atom stereocenters. The molecule has 0 heterocycles. The maximum absolute atomic E-state index is 14.2. The third-order valence-electron chi connectivity index (χ3n) is 7.50. The first kappa shape index (κ1) is 30.1. The normalized spacial score (nSPS) is 14.6. The van der Waals surface area contributed by atoms with Crippen molar-refractivity contribution in [3.05, 3.63) is 90.5 Å². The molecule has 0 aromatic heterocycles. The lowest BCUT2D eigenvalue weighted by atomic mass is 9.95. The van der Waals surface area contributed by atoms with Gasteiger partial charge in [0.05, 0.1) is 17.7 Å². The molecule has 8 nitrogen and oxygen atoms in total. The zero-order valence-electron chi connectivity index (χ0n) is 23.7. The Hall–Kier alpha value is -3.85. The number of nitrogens with one attached hydrogen (secondary N) is 1. The Morgan fingerprint density at radius 1 is 0.902 bits per heavy atom. The number of carbonyl (C=O) groups is 2. The van der Waals surface area contributed by atoms with E-state index in [1.165, 1.54) is 24.1 Å². The molecule has 0 bridgehead atoms. The molecular formula is C32H39N3O5S. The highest BCUT2D eigenvalue weighted by molar-refractivity contribution is 7.92. The van der Waals surface area contributed by atoms with E-state index in [1.807, 2.05) is 37.3 Å². The van der Waals surface area contributed by atoms with Crippen LogP contribution in [0.2, 0.25) is 0 Å². The number of nitrogens with zero attached hydrogens (tertiary/aromatic N) is 2. The summed E-state index contributed by atoms with van der Waals surface area (Å²) in [6, 6.07) is 23.5. The largest absolute Gasteiger partial charge is 0.495 e. The van der Waals surface area contributed by atoms with E-state index in [0.717, 1.165) is 42.0 Å². The molecule has 2 amide bonds. The third kappa shape index (κ3) is 7.47. The van der Waals surface area contributed by atoms with Gasteiger partial charge in [-0.05, 0) is 49.1 Å². The Balaban J connectivity index is 1.71. The molecule has 3 aromatic carbocycles. The lowest BCUT2D eigenvalue weighted by Crippen LogP contribution is -2.54. The molecule has 9 heteroatoms. The Bertz CT molecular complexity index is 1390. The van der Waals surface area contributed by atoms with Crippen LogP contribution in [0.3, 0.4) is 0 Å². The van der Waals surface area contributed by atoms with Crippen molar-refractivity contribution in [2.75, 3.05) is 18.0 Å². The van der Waals surface area contributed by atoms with Gasteiger partial charge >= 0.3 is 0 Å². The van der Waals surface area contributed by atoms with Crippen molar-refractivity contribution in [2.45, 2.75) is 69.0 Å². The first-order chi connectivity index (χ1) is 19.8. The number of anilines is 1. The second-order valence-electron chi connectivity index (χ2n) is 10.3. The zero-order valence-corrected chi connectivity index (χ0v) is 24.6. The number of methoxy groups -OCH3 is 1. The number of rotatable bonds is 12. The molecule has 0 saturated heterocycles. The number of benzene rings is 3. The van der Waals surface area contributed by atoms with Crippen molar-refractivity contribution in [3.63, 3.8) is 0 Å². The number of hydrogen-bond donors (Lipinski definition) is 1. The number of hydrogen-bond acceptors (Lipinski definition) is 5. The van der Waals surface area contributed by atoms with E-state index < -0.39 is 28.5 Å². The standard InChI is InChI=1S/C32H39N3O5S/c1-3-28(32(37)33-26-17-9-5-10-18-26)34(23-25-15-7-4-8-16-25)31(36)24-35(29-21-13-14-22-30(29)40-2)41(38,39)27-19-11-6-12-20-27/h4,6-8,11-16,19-22,26,28H,3,5,9-10,17-18,23-24H2,1-2H3,(H,33,37)/t28-/m1/s1. The summed E-state index contributed by atoms with van der Waals surface area (Å²) in [7, 11) is -2.70. The number of ether oxygens (including phenoxy) is 1. The Labute approximate surface area is 243 Å². The maximum atomic E-state index is 14.2. The molecule has 41 heavy (non-hydrogen) atoms. The van der Waals surface area contributed by atoms with Crippen molar-refractivity contribution in [1.29, 1.82) is 0 Å². The van der Waals surface area contributed by atoms with E-state index in [2.05, 4.69) is 5.32 Å². The third-order valence-corrected chi connectivity index (χ3v) is 9.27. The van der Waals surface area contributed by atoms with Crippen LogP contribution in [-0.4, -0.2) is 50.9 Å². The average Bonchev–Trinajstić information content (AvgIpc) is 3.01. The summed E-state index contributed by atoms with van der Waals surface area (Å²) in [5, 5.41) is 3.17. The van der Waals surface area contributed by atoms with Gasteiger partial charge in [0.2, 0.25) is 11.8 Å². The van der Waals surface area contributed by atoms with Crippen molar-refractivity contribution in [1.82, 2.24) is 10.2 Å².